The molecule has 1 aliphatic heterocycles. The Balaban J connectivity index is 1.96. The topological polar surface area (TPSA) is 81.6 Å². The van der Waals surface area contributed by atoms with Gasteiger partial charge < -0.3 is 20.8 Å². The molecular weight excluding hydrogens is 232 g/mol. The number of carbonyl (C=O) groups is 1. The highest BCUT2D eigenvalue weighted by Crippen LogP contribution is 2.13. The fourth-order valence-corrected chi connectivity index (χ4v) is 2.11. The number of nitrogens with one attached hydrogen (secondary N) is 2. The van der Waals surface area contributed by atoms with Crippen LogP contribution in [0, 0.1) is 0 Å². The highest BCUT2D eigenvalue weighted by Gasteiger charge is 2.29. The Morgan fingerprint density at radius 3 is 2.72 bits per heavy atom. The summed E-state index contributed by atoms with van der Waals surface area (Å²) in [6.45, 7) is 0.290. The van der Waals surface area contributed by atoms with Crippen molar-refractivity contribution in [2.75, 3.05) is 13.2 Å². The lowest BCUT2D eigenvalue weighted by Gasteiger charge is -2.19. The van der Waals surface area contributed by atoms with Crippen molar-refractivity contribution in [2.45, 2.75) is 24.6 Å². The Kier molecular flexibility index (Phi) is 4.30. The van der Waals surface area contributed by atoms with Crippen molar-refractivity contribution < 1.29 is 15.0 Å². The van der Waals surface area contributed by atoms with E-state index in [4.69, 9.17) is 0 Å². The summed E-state index contributed by atoms with van der Waals surface area (Å²) in [7, 11) is 0. The van der Waals surface area contributed by atoms with Crippen molar-refractivity contribution in [3.8, 4) is 0 Å². The first-order valence-corrected chi connectivity index (χ1v) is 6.08. The van der Waals surface area contributed by atoms with Gasteiger partial charge in [0, 0.05) is 6.54 Å². The standard InChI is InChI=1S/C13H18N2O3/c16-8-12(9-4-2-1-3-5-9)15-13(18)11-6-10(17)7-14-11/h1-5,10-12,14,16-17H,6-8H2,(H,15,18)/t10?,11?,12-/m1/s1. The summed E-state index contributed by atoms with van der Waals surface area (Å²) < 4.78 is 0. The van der Waals surface area contributed by atoms with Crippen molar-refractivity contribution in [1.29, 1.82) is 0 Å². The van der Waals surface area contributed by atoms with Crippen LogP contribution in [-0.4, -0.2) is 41.4 Å². The molecule has 3 atom stereocenters. The first kappa shape index (κ1) is 13.0. The SMILES string of the molecule is O=C(N[C@H](CO)c1ccccc1)C1CC(O)CN1. The Bertz CT molecular complexity index is 396. The summed E-state index contributed by atoms with van der Waals surface area (Å²) in [6.07, 6.45) is -0.0521. The van der Waals surface area contributed by atoms with Gasteiger partial charge >= 0.3 is 0 Å². The maximum Gasteiger partial charge on any atom is 0.237 e. The van der Waals surface area contributed by atoms with Crippen LogP contribution in [0.25, 0.3) is 0 Å². The minimum atomic E-state index is -0.468. The average molecular weight is 250 g/mol. The molecule has 1 aliphatic rings. The molecule has 1 saturated heterocycles. The third-order valence-electron chi connectivity index (χ3n) is 3.13. The molecule has 98 valence electrons. The van der Waals surface area contributed by atoms with E-state index >= 15 is 0 Å². The predicted molar refractivity (Wildman–Crippen MR) is 66.8 cm³/mol. The number of aliphatic hydroxyl groups is 2. The molecule has 1 aromatic rings. The smallest absolute Gasteiger partial charge is 0.237 e. The Morgan fingerprint density at radius 2 is 2.17 bits per heavy atom. The Hall–Kier alpha value is -1.43. The fourth-order valence-electron chi connectivity index (χ4n) is 2.11. The second-order valence-corrected chi connectivity index (χ2v) is 4.50. The van der Waals surface area contributed by atoms with E-state index in [2.05, 4.69) is 10.6 Å². The van der Waals surface area contributed by atoms with Crippen LogP contribution in [0.5, 0.6) is 0 Å². The van der Waals surface area contributed by atoms with Crippen molar-refractivity contribution in [3.63, 3.8) is 0 Å². The molecule has 5 heteroatoms. The number of hydrogen-bond donors (Lipinski definition) is 4. The summed E-state index contributed by atoms with van der Waals surface area (Å²) in [5, 5.41) is 24.4. The molecule has 1 heterocycles. The van der Waals surface area contributed by atoms with E-state index in [0.717, 1.165) is 5.56 Å². The van der Waals surface area contributed by atoms with Gasteiger partial charge in [-0.05, 0) is 12.0 Å². The van der Waals surface area contributed by atoms with E-state index in [0.29, 0.717) is 13.0 Å². The molecule has 5 nitrogen and oxygen atoms in total. The number of rotatable bonds is 4. The third-order valence-corrected chi connectivity index (χ3v) is 3.13. The number of benzene rings is 1. The van der Waals surface area contributed by atoms with Crippen LogP contribution in [0.1, 0.15) is 18.0 Å². The van der Waals surface area contributed by atoms with Gasteiger partial charge in [-0.3, -0.25) is 4.79 Å². The van der Waals surface area contributed by atoms with Gasteiger partial charge in [0.2, 0.25) is 5.91 Å². The van der Waals surface area contributed by atoms with Crippen molar-refractivity contribution in [3.05, 3.63) is 35.9 Å². The number of hydrogen-bond acceptors (Lipinski definition) is 4. The van der Waals surface area contributed by atoms with Gasteiger partial charge in [0.15, 0.2) is 0 Å². The van der Waals surface area contributed by atoms with Crippen LogP contribution in [0.15, 0.2) is 30.3 Å². The Morgan fingerprint density at radius 1 is 1.44 bits per heavy atom. The number of carbonyl (C=O) groups excluding carboxylic acids is 1. The van der Waals surface area contributed by atoms with Crippen molar-refractivity contribution >= 4 is 5.91 Å². The maximum atomic E-state index is 11.9. The molecule has 4 N–H and O–H groups in total. The fraction of sp³-hybridized carbons (Fsp3) is 0.462. The normalized spacial score (nSPS) is 24.8. The van der Waals surface area contributed by atoms with Crippen LogP contribution < -0.4 is 10.6 Å². The molecule has 18 heavy (non-hydrogen) atoms. The quantitative estimate of drug-likeness (QED) is 0.584. The zero-order valence-corrected chi connectivity index (χ0v) is 10.0. The molecule has 0 spiro atoms. The zero-order chi connectivity index (χ0) is 13.0. The second kappa shape index (κ2) is 5.95. The largest absolute Gasteiger partial charge is 0.394 e. The minimum Gasteiger partial charge on any atom is -0.394 e. The summed E-state index contributed by atoms with van der Waals surface area (Å²) in [4.78, 5) is 11.9. The monoisotopic (exact) mass is 250 g/mol. The van der Waals surface area contributed by atoms with Gasteiger partial charge in [-0.2, -0.15) is 0 Å². The number of aliphatic hydroxyl groups excluding tert-OH is 2. The molecule has 0 radical (unpaired) electrons. The zero-order valence-electron chi connectivity index (χ0n) is 10.0. The highest BCUT2D eigenvalue weighted by molar-refractivity contribution is 5.82. The van der Waals surface area contributed by atoms with Crippen molar-refractivity contribution in [2.24, 2.45) is 0 Å². The van der Waals surface area contributed by atoms with Crippen LogP contribution in [0.4, 0.5) is 0 Å². The van der Waals surface area contributed by atoms with E-state index < -0.39 is 12.1 Å². The summed E-state index contributed by atoms with van der Waals surface area (Å²) in [5.74, 6) is -0.186. The summed E-state index contributed by atoms with van der Waals surface area (Å²) in [5.41, 5.74) is 0.867. The average Bonchev–Trinajstić information content (AvgIpc) is 2.83. The molecule has 2 unspecified atom stereocenters. The van der Waals surface area contributed by atoms with E-state index in [9.17, 15) is 15.0 Å². The van der Waals surface area contributed by atoms with Crippen LogP contribution >= 0.6 is 0 Å². The van der Waals surface area contributed by atoms with Gasteiger partial charge in [0.1, 0.15) is 0 Å². The molecule has 0 aromatic heterocycles. The van der Waals surface area contributed by atoms with Crippen molar-refractivity contribution in [1.82, 2.24) is 10.6 Å². The van der Waals surface area contributed by atoms with E-state index in [1.54, 1.807) is 0 Å². The molecule has 1 amide bonds. The summed E-state index contributed by atoms with van der Waals surface area (Å²) in [6, 6.07) is 8.55. The van der Waals surface area contributed by atoms with Gasteiger partial charge in [0.25, 0.3) is 0 Å². The second-order valence-electron chi connectivity index (χ2n) is 4.50. The molecular formula is C13H18N2O3. The molecule has 0 saturated carbocycles. The first-order valence-electron chi connectivity index (χ1n) is 6.08. The lowest BCUT2D eigenvalue weighted by atomic mass is 10.1. The molecule has 2 rings (SSSR count). The lowest BCUT2D eigenvalue weighted by molar-refractivity contribution is -0.124. The van der Waals surface area contributed by atoms with Crippen LogP contribution in [0.2, 0.25) is 0 Å². The first-order chi connectivity index (χ1) is 8.70. The van der Waals surface area contributed by atoms with Gasteiger partial charge in [-0.1, -0.05) is 30.3 Å². The van der Waals surface area contributed by atoms with Crippen LogP contribution in [0.3, 0.4) is 0 Å². The highest BCUT2D eigenvalue weighted by atomic mass is 16.3. The lowest BCUT2D eigenvalue weighted by Crippen LogP contribution is -2.42. The minimum absolute atomic E-state index is 0.148. The number of amides is 1. The number of β-amino-alcohol motifs (C(OH)–C–C–N with tert-alkyl or cyclic N) is 1. The molecule has 0 bridgehead atoms. The van der Waals surface area contributed by atoms with Gasteiger partial charge in [-0.25, -0.2) is 0 Å². The van der Waals surface area contributed by atoms with Gasteiger partial charge in [0.05, 0.1) is 24.8 Å². The molecule has 1 aromatic carbocycles. The molecule has 0 aliphatic carbocycles. The van der Waals surface area contributed by atoms with Crippen LogP contribution in [-0.2, 0) is 4.79 Å². The van der Waals surface area contributed by atoms with E-state index in [-0.39, 0.29) is 18.6 Å². The maximum absolute atomic E-state index is 11.9. The van der Waals surface area contributed by atoms with E-state index in [1.165, 1.54) is 0 Å². The Labute approximate surface area is 106 Å². The predicted octanol–water partition coefficient (Wildman–Crippen LogP) is -0.441. The van der Waals surface area contributed by atoms with E-state index in [1.807, 2.05) is 30.3 Å². The van der Waals surface area contributed by atoms with Gasteiger partial charge in [-0.15, -0.1) is 0 Å². The summed E-state index contributed by atoms with van der Waals surface area (Å²) >= 11 is 0. The third kappa shape index (κ3) is 3.07. The molecule has 1 fully saturated rings.